The van der Waals surface area contributed by atoms with Gasteiger partial charge in [-0.25, -0.2) is 4.98 Å². The van der Waals surface area contributed by atoms with Gasteiger partial charge in [0, 0.05) is 0 Å². The van der Waals surface area contributed by atoms with Crippen LogP contribution in [0.4, 0.5) is 5.69 Å². The molecule has 0 bridgehead atoms. The summed E-state index contributed by atoms with van der Waals surface area (Å²) in [7, 11) is 0. The summed E-state index contributed by atoms with van der Waals surface area (Å²) in [5.41, 5.74) is 6.38. The molecule has 78 valence electrons. The molecular weight excluding hydrogens is 198 g/mol. The largest absolute Gasteiger partial charge is 0.473 e. The fraction of sp³-hybridized carbons (Fsp3) is 0.556. The molecule has 0 aliphatic heterocycles. The van der Waals surface area contributed by atoms with Crippen LogP contribution in [0.15, 0.2) is 11.4 Å². The van der Waals surface area contributed by atoms with Gasteiger partial charge in [-0.05, 0) is 19.6 Å². The van der Waals surface area contributed by atoms with Crippen molar-refractivity contribution in [2.75, 3.05) is 11.5 Å². The molecule has 0 saturated carbocycles. The lowest BCUT2D eigenvalue weighted by Gasteiger charge is -2.11. The number of nitrogens with two attached hydrogens (primary N) is 1. The predicted octanol–water partition coefficient (Wildman–Crippen LogP) is 1.96. The molecular formula is C9H15N3OS. The molecule has 0 atom stereocenters. The van der Waals surface area contributed by atoms with Crippen LogP contribution in [0.1, 0.15) is 20.8 Å². The Hall–Kier alpha value is -0.970. The molecule has 5 heteroatoms. The van der Waals surface area contributed by atoms with Crippen molar-refractivity contribution < 1.29 is 4.74 Å². The number of nitrogen functional groups attached to an aromatic ring is 1. The number of hydrogen-bond acceptors (Lipinski definition) is 5. The lowest BCUT2D eigenvalue weighted by molar-refractivity contribution is 0.233. The highest BCUT2D eigenvalue weighted by atomic mass is 32.2. The van der Waals surface area contributed by atoms with E-state index in [1.54, 1.807) is 11.8 Å². The summed E-state index contributed by atoms with van der Waals surface area (Å²) < 4.78 is 5.44. The van der Waals surface area contributed by atoms with Gasteiger partial charge in [0.25, 0.3) is 0 Å². The molecule has 0 aliphatic carbocycles. The number of thioether (sulfide) groups is 1. The van der Waals surface area contributed by atoms with Crippen molar-refractivity contribution in [1.29, 1.82) is 0 Å². The van der Waals surface area contributed by atoms with Crippen LogP contribution >= 0.6 is 11.8 Å². The molecule has 14 heavy (non-hydrogen) atoms. The lowest BCUT2D eigenvalue weighted by atomic mass is 10.4. The highest BCUT2D eigenvalue weighted by Crippen LogP contribution is 2.28. The molecule has 0 saturated heterocycles. The lowest BCUT2D eigenvalue weighted by Crippen LogP contribution is -2.10. The minimum Gasteiger partial charge on any atom is -0.473 e. The summed E-state index contributed by atoms with van der Waals surface area (Å²) in [6.07, 6.45) is 1.55. The summed E-state index contributed by atoms with van der Waals surface area (Å²) >= 11 is 1.59. The highest BCUT2D eigenvalue weighted by molar-refractivity contribution is 7.99. The third kappa shape index (κ3) is 2.77. The van der Waals surface area contributed by atoms with Crippen molar-refractivity contribution in [1.82, 2.24) is 9.97 Å². The number of ether oxygens (including phenoxy) is 1. The van der Waals surface area contributed by atoms with Gasteiger partial charge >= 0.3 is 0 Å². The van der Waals surface area contributed by atoms with Crippen molar-refractivity contribution in [2.24, 2.45) is 0 Å². The average Bonchev–Trinajstić information content (AvgIpc) is 2.11. The van der Waals surface area contributed by atoms with Crippen molar-refractivity contribution in [2.45, 2.75) is 31.9 Å². The summed E-state index contributed by atoms with van der Waals surface area (Å²) in [5, 5.41) is 0.790. The molecule has 0 unspecified atom stereocenters. The minimum atomic E-state index is 0.0756. The van der Waals surface area contributed by atoms with Gasteiger partial charge < -0.3 is 10.5 Å². The first kappa shape index (κ1) is 11.1. The van der Waals surface area contributed by atoms with Crippen molar-refractivity contribution in [3.05, 3.63) is 6.33 Å². The van der Waals surface area contributed by atoms with Gasteiger partial charge in [0.15, 0.2) is 0 Å². The molecule has 0 amide bonds. The van der Waals surface area contributed by atoms with Crippen LogP contribution in [0.25, 0.3) is 0 Å². The van der Waals surface area contributed by atoms with E-state index in [9.17, 15) is 0 Å². The predicted molar refractivity (Wildman–Crippen MR) is 58.6 cm³/mol. The third-order valence-corrected chi connectivity index (χ3v) is 2.33. The van der Waals surface area contributed by atoms with Gasteiger partial charge in [-0.1, -0.05) is 6.92 Å². The smallest absolute Gasteiger partial charge is 0.241 e. The summed E-state index contributed by atoms with van der Waals surface area (Å²) in [6.45, 7) is 5.93. The topological polar surface area (TPSA) is 61.0 Å². The second-order valence-electron chi connectivity index (χ2n) is 3.00. The zero-order chi connectivity index (χ0) is 10.6. The van der Waals surface area contributed by atoms with Crippen LogP contribution in [0.3, 0.4) is 0 Å². The van der Waals surface area contributed by atoms with Gasteiger partial charge in [-0.3, -0.25) is 0 Å². The van der Waals surface area contributed by atoms with Crippen LogP contribution in [0.2, 0.25) is 0 Å². The van der Waals surface area contributed by atoms with E-state index in [1.165, 1.54) is 6.33 Å². The average molecular weight is 213 g/mol. The Kier molecular flexibility index (Phi) is 4.00. The number of hydrogen-bond donors (Lipinski definition) is 1. The van der Waals surface area contributed by atoms with E-state index in [2.05, 4.69) is 16.9 Å². The fourth-order valence-electron chi connectivity index (χ4n) is 0.933. The standard InChI is InChI=1S/C9H15N3OS/c1-4-14-9-7(10)8(11-5-12-9)13-6(2)3/h5-6H,4,10H2,1-3H3. The first-order valence-electron chi connectivity index (χ1n) is 4.55. The molecule has 0 aliphatic rings. The first-order valence-corrected chi connectivity index (χ1v) is 5.53. The van der Waals surface area contributed by atoms with Crippen LogP contribution in [-0.4, -0.2) is 21.8 Å². The minimum absolute atomic E-state index is 0.0756. The third-order valence-electron chi connectivity index (χ3n) is 1.44. The summed E-state index contributed by atoms with van der Waals surface area (Å²) in [5.74, 6) is 1.41. The maximum absolute atomic E-state index is 5.85. The Bertz CT molecular complexity index is 304. The molecule has 2 N–H and O–H groups in total. The van der Waals surface area contributed by atoms with Gasteiger partial charge in [0.2, 0.25) is 5.88 Å². The molecule has 1 heterocycles. The van der Waals surface area contributed by atoms with E-state index >= 15 is 0 Å². The van der Waals surface area contributed by atoms with Crippen molar-refractivity contribution in [3.8, 4) is 5.88 Å². The summed E-state index contributed by atoms with van der Waals surface area (Å²) in [6, 6.07) is 0. The van der Waals surface area contributed by atoms with E-state index in [0.717, 1.165) is 10.8 Å². The zero-order valence-corrected chi connectivity index (χ0v) is 9.47. The van der Waals surface area contributed by atoms with E-state index in [0.29, 0.717) is 11.6 Å². The van der Waals surface area contributed by atoms with Gasteiger partial charge in [0.05, 0.1) is 6.10 Å². The molecule has 1 aromatic rings. The first-order chi connectivity index (χ1) is 6.65. The van der Waals surface area contributed by atoms with E-state index in [-0.39, 0.29) is 6.10 Å². The normalized spacial score (nSPS) is 10.6. The SMILES string of the molecule is CCSc1ncnc(OC(C)C)c1N. The van der Waals surface area contributed by atoms with Gasteiger partial charge in [-0.2, -0.15) is 4.98 Å². The monoisotopic (exact) mass is 213 g/mol. The quantitative estimate of drug-likeness (QED) is 0.612. The second-order valence-corrected chi connectivity index (χ2v) is 4.25. The van der Waals surface area contributed by atoms with Crippen LogP contribution in [-0.2, 0) is 0 Å². The molecule has 0 aromatic carbocycles. The molecule has 0 spiro atoms. The maximum Gasteiger partial charge on any atom is 0.241 e. The maximum atomic E-state index is 5.85. The molecule has 0 radical (unpaired) electrons. The van der Waals surface area contributed by atoms with E-state index < -0.39 is 0 Å². The fourth-order valence-corrected chi connectivity index (χ4v) is 1.57. The van der Waals surface area contributed by atoms with Gasteiger partial charge in [0.1, 0.15) is 17.0 Å². The highest BCUT2D eigenvalue weighted by Gasteiger charge is 2.09. The number of rotatable bonds is 4. The summed E-state index contributed by atoms with van der Waals surface area (Å²) in [4.78, 5) is 8.07. The molecule has 4 nitrogen and oxygen atoms in total. The number of nitrogens with zero attached hydrogens (tertiary/aromatic N) is 2. The van der Waals surface area contributed by atoms with Gasteiger partial charge in [-0.15, -0.1) is 11.8 Å². The Balaban J connectivity index is 2.89. The van der Waals surface area contributed by atoms with Crippen molar-refractivity contribution in [3.63, 3.8) is 0 Å². The number of anilines is 1. The Labute approximate surface area is 88.3 Å². The number of aromatic nitrogens is 2. The Morgan fingerprint density at radius 2 is 2.21 bits per heavy atom. The van der Waals surface area contributed by atoms with Crippen LogP contribution < -0.4 is 10.5 Å². The second kappa shape index (κ2) is 5.05. The molecule has 1 rings (SSSR count). The zero-order valence-electron chi connectivity index (χ0n) is 8.65. The van der Waals surface area contributed by atoms with Crippen molar-refractivity contribution >= 4 is 17.4 Å². The molecule has 0 fully saturated rings. The molecule has 1 aromatic heterocycles. The van der Waals surface area contributed by atoms with E-state index in [4.69, 9.17) is 10.5 Å². The van der Waals surface area contributed by atoms with Crippen LogP contribution in [0.5, 0.6) is 5.88 Å². The Morgan fingerprint density at radius 3 is 2.79 bits per heavy atom. The van der Waals surface area contributed by atoms with E-state index in [1.807, 2.05) is 13.8 Å². The Morgan fingerprint density at radius 1 is 1.50 bits per heavy atom. The van der Waals surface area contributed by atoms with Crippen LogP contribution in [0, 0.1) is 0 Å².